The Morgan fingerprint density at radius 3 is 2.00 bits per heavy atom. The molecule has 0 unspecified atom stereocenters. The molecule has 0 fully saturated rings. The van der Waals surface area contributed by atoms with Crippen molar-refractivity contribution in [3.05, 3.63) is 72.3 Å². The summed E-state index contributed by atoms with van der Waals surface area (Å²) in [7, 11) is 0. The third kappa shape index (κ3) is 3.57. The molecule has 0 aliphatic carbocycles. The Bertz CT molecular complexity index is 839. The number of hydrogen-bond donors (Lipinski definition) is 2. The van der Waals surface area contributed by atoms with E-state index >= 15 is 0 Å². The van der Waals surface area contributed by atoms with Crippen molar-refractivity contribution >= 4 is 23.0 Å². The van der Waals surface area contributed by atoms with Crippen LogP contribution in [0.15, 0.2) is 54.9 Å². The van der Waals surface area contributed by atoms with Gasteiger partial charge in [0.2, 0.25) is 0 Å². The maximum absolute atomic E-state index is 13.6. The monoisotopic (exact) mass is 316 g/mol. The number of rotatable bonds is 4. The molecule has 0 atom stereocenters. The minimum atomic E-state index is -0.743. The Morgan fingerprint density at radius 1 is 0.696 bits per heavy atom. The van der Waals surface area contributed by atoms with Crippen LogP contribution in [0.25, 0.3) is 0 Å². The molecule has 0 amide bonds. The second-order valence-electron chi connectivity index (χ2n) is 4.64. The minimum absolute atomic E-state index is 0.0712. The van der Waals surface area contributed by atoms with Crippen molar-refractivity contribution in [3.8, 4) is 0 Å². The first-order chi connectivity index (χ1) is 11.1. The molecule has 0 bridgehead atoms. The van der Waals surface area contributed by atoms with Crippen molar-refractivity contribution in [3.63, 3.8) is 0 Å². The second kappa shape index (κ2) is 6.35. The summed E-state index contributed by atoms with van der Waals surface area (Å²) >= 11 is 0. The van der Waals surface area contributed by atoms with Gasteiger partial charge in [0.25, 0.3) is 0 Å². The van der Waals surface area contributed by atoms with Gasteiger partial charge in [0.15, 0.2) is 0 Å². The zero-order valence-corrected chi connectivity index (χ0v) is 11.7. The van der Waals surface area contributed by atoms with Crippen LogP contribution in [-0.4, -0.2) is 9.97 Å². The minimum Gasteiger partial charge on any atom is -0.338 e. The quantitative estimate of drug-likeness (QED) is 0.750. The smallest absolute Gasteiger partial charge is 0.149 e. The van der Waals surface area contributed by atoms with Crippen LogP contribution in [0.3, 0.4) is 0 Å². The Balaban J connectivity index is 1.81. The first-order valence-electron chi connectivity index (χ1n) is 6.67. The van der Waals surface area contributed by atoms with E-state index in [-0.39, 0.29) is 17.2 Å². The lowest BCUT2D eigenvalue weighted by molar-refractivity contribution is 0.586. The van der Waals surface area contributed by atoms with Gasteiger partial charge in [0.05, 0.1) is 11.4 Å². The van der Waals surface area contributed by atoms with Crippen LogP contribution in [0.2, 0.25) is 0 Å². The van der Waals surface area contributed by atoms with E-state index in [0.29, 0.717) is 5.82 Å². The molecule has 23 heavy (non-hydrogen) atoms. The number of anilines is 4. The summed E-state index contributed by atoms with van der Waals surface area (Å²) in [6, 6.07) is 10.8. The zero-order valence-electron chi connectivity index (χ0n) is 11.7. The average molecular weight is 316 g/mol. The van der Waals surface area contributed by atoms with Gasteiger partial charge in [-0.2, -0.15) is 0 Å². The van der Waals surface area contributed by atoms with Crippen molar-refractivity contribution < 1.29 is 13.2 Å². The summed E-state index contributed by atoms with van der Waals surface area (Å²) < 4.78 is 40.1. The highest BCUT2D eigenvalue weighted by Gasteiger charge is 2.07. The van der Waals surface area contributed by atoms with E-state index in [2.05, 4.69) is 20.6 Å². The van der Waals surface area contributed by atoms with E-state index < -0.39 is 17.5 Å². The largest absolute Gasteiger partial charge is 0.338 e. The molecule has 0 spiro atoms. The Labute approximate surface area is 130 Å². The van der Waals surface area contributed by atoms with E-state index in [9.17, 15) is 13.2 Å². The lowest BCUT2D eigenvalue weighted by atomic mass is 10.3. The molecule has 116 valence electrons. The van der Waals surface area contributed by atoms with Crippen LogP contribution in [0.4, 0.5) is 36.2 Å². The molecule has 0 saturated carbocycles. The predicted molar refractivity (Wildman–Crippen MR) is 81.4 cm³/mol. The number of nitrogens with zero attached hydrogens (tertiary/aromatic N) is 2. The topological polar surface area (TPSA) is 49.8 Å². The summed E-state index contributed by atoms with van der Waals surface area (Å²) in [6.45, 7) is 0. The first kappa shape index (κ1) is 14.8. The number of hydrogen-bond acceptors (Lipinski definition) is 4. The lowest BCUT2D eigenvalue weighted by Crippen LogP contribution is -2.00. The normalized spacial score (nSPS) is 10.4. The standard InChI is InChI=1S/C16H11F3N4/c17-10-5-6-14(12(19)7-10)23-16-8-15(20-9-21-16)22-13-4-2-1-3-11(13)18/h1-9H,(H2,20,21,22,23). The summed E-state index contributed by atoms with van der Waals surface area (Å²) in [5.74, 6) is -1.23. The Kier molecular flexibility index (Phi) is 4.09. The van der Waals surface area contributed by atoms with Gasteiger partial charge in [-0.1, -0.05) is 12.1 Å². The highest BCUT2D eigenvalue weighted by molar-refractivity contribution is 5.63. The SMILES string of the molecule is Fc1ccc(Nc2cc(Nc3ccccc3F)ncn2)c(F)c1. The Hall–Kier alpha value is -3.09. The molecule has 2 aromatic carbocycles. The molecule has 1 aromatic heterocycles. The molecule has 2 N–H and O–H groups in total. The fourth-order valence-corrected chi connectivity index (χ4v) is 1.92. The number of nitrogens with one attached hydrogen (secondary N) is 2. The molecule has 7 heteroatoms. The summed E-state index contributed by atoms with van der Waals surface area (Å²) in [5, 5.41) is 5.52. The second-order valence-corrected chi connectivity index (χ2v) is 4.64. The number of aromatic nitrogens is 2. The fraction of sp³-hybridized carbons (Fsp3) is 0. The van der Waals surface area contributed by atoms with Gasteiger partial charge in [-0.25, -0.2) is 23.1 Å². The van der Waals surface area contributed by atoms with Crippen LogP contribution in [0.1, 0.15) is 0 Å². The molecule has 0 saturated heterocycles. The van der Waals surface area contributed by atoms with Gasteiger partial charge in [0, 0.05) is 12.1 Å². The number of benzene rings is 2. The van der Waals surface area contributed by atoms with Crippen molar-refractivity contribution in [2.75, 3.05) is 10.6 Å². The van der Waals surface area contributed by atoms with Gasteiger partial charge in [0.1, 0.15) is 35.4 Å². The van der Waals surface area contributed by atoms with E-state index in [1.54, 1.807) is 18.2 Å². The maximum atomic E-state index is 13.6. The van der Waals surface area contributed by atoms with Gasteiger partial charge in [-0.05, 0) is 24.3 Å². The molecule has 1 heterocycles. The van der Waals surface area contributed by atoms with Crippen molar-refractivity contribution in [1.82, 2.24) is 9.97 Å². The van der Waals surface area contributed by atoms with Crippen LogP contribution < -0.4 is 10.6 Å². The van der Waals surface area contributed by atoms with Gasteiger partial charge >= 0.3 is 0 Å². The average Bonchev–Trinajstić information content (AvgIpc) is 2.53. The third-order valence-corrected chi connectivity index (χ3v) is 3.00. The van der Waals surface area contributed by atoms with Crippen LogP contribution in [0, 0.1) is 17.5 Å². The Morgan fingerprint density at radius 2 is 1.35 bits per heavy atom. The molecule has 0 aliphatic heterocycles. The highest BCUT2D eigenvalue weighted by atomic mass is 19.1. The van der Waals surface area contributed by atoms with Gasteiger partial charge in [-0.15, -0.1) is 0 Å². The fourth-order valence-electron chi connectivity index (χ4n) is 1.92. The molecule has 3 rings (SSSR count). The molecule has 3 aromatic rings. The first-order valence-corrected chi connectivity index (χ1v) is 6.67. The van der Waals surface area contributed by atoms with E-state index in [0.717, 1.165) is 12.1 Å². The highest BCUT2D eigenvalue weighted by Crippen LogP contribution is 2.22. The van der Waals surface area contributed by atoms with E-state index in [1.807, 2.05) is 0 Å². The maximum Gasteiger partial charge on any atom is 0.149 e. The molecule has 4 nitrogen and oxygen atoms in total. The molecule has 0 aliphatic rings. The lowest BCUT2D eigenvalue weighted by Gasteiger charge is -2.09. The van der Waals surface area contributed by atoms with E-state index in [1.165, 1.54) is 24.5 Å². The van der Waals surface area contributed by atoms with Gasteiger partial charge in [-0.3, -0.25) is 0 Å². The van der Waals surface area contributed by atoms with Crippen molar-refractivity contribution in [2.24, 2.45) is 0 Å². The third-order valence-electron chi connectivity index (χ3n) is 3.00. The van der Waals surface area contributed by atoms with E-state index in [4.69, 9.17) is 0 Å². The van der Waals surface area contributed by atoms with Crippen LogP contribution >= 0.6 is 0 Å². The number of para-hydroxylation sites is 1. The molecule has 0 radical (unpaired) electrons. The van der Waals surface area contributed by atoms with Crippen molar-refractivity contribution in [1.29, 1.82) is 0 Å². The van der Waals surface area contributed by atoms with Crippen LogP contribution in [-0.2, 0) is 0 Å². The number of halogens is 3. The predicted octanol–water partition coefficient (Wildman–Crippen LogP) is 4.38. The van der Waals surface area contributed by atoms with Crippen molar-refractivity contribution in [2.45, 2.75) is 0 Å². The zero-order chi connectivity index (χ0) is 16.2. The molecular formula is C16H11F3N4. The summed E-state index contributed by atoms with van der Waals surface area (Å²) in [4.78, 5) is 7.92. The summed E-state index contributed by atoms with van der Waals surface area (Å²) in [6.07, 6.45) is 1.24. The van der Waals surface area contributed by atoms with Gasteiger partial charge < -0.3 is 10.6 Å². The van der Waals surface area contributed by atoms with Crippen LogP contribution in [0.5, 0.6) is 0 Å². The molecular weight excluding hydrogens is 305 g/mol. The summed E-state index contributed by atoms with van der Waals surface area (Å²) in [5.41, 5.74) is 0.326.